The summed E-state index contributed by atoms with van der Waals surface area (Å²) in [6.45, 7) is 3.67. The molecule has 1 aromatic heterocycles. The number of hydrogen-bond acceptors (Lipinski definition) is 3. The Hall–Kier alpha value is -1.90. The van der Waals surface area contributed by atoms with Gasteiger partial charge in [-0.05, 0) is 17.7 Å². The fourth-order valence-corrected chi connectivity index (χ4v) is 0.828. The first-order valence-electron chi connectivity index (χ1n) is 4.18. The Kier molecular flexibility index (Phi) is 4.14. The molecule has 0 spiro atoms. The van der Waals surface area contributed by atoms with Crippen LogP contribution >= 0.6 is 0 Å². The van der Waals surface area contributed by atoms with Crippen LogP contribution in [0.2, 0.25) is 0 Å². The first kappa shape index (κ1) is 10.2. The molecule has 1 heterocycles. The largest absolute Gasteiger partial charge is 0.458 e. The fourth-order valence-electron chi connectivity index (χ4n) is 0.828. The lowest BCUT2D eigenvalue weighted by Gasteiger charge is -1.95. The Morgan fingerprint density at radius 3 is 3.14 bits per heavy atom. The second kappa shape index (κ2) is 5.70. The van der Waals surface area contributed by atoms with Crippen molar-refractivity contribution < 1.29 is 9.53 Å². The second-order valence-corrected chi connectivity index (χ2v) is 2.54. The lowest BCUT2D eigenvalue weighted by Crippen LogP contribution is -1.99. The molecule has 0 aromatic carbocycles. The van der Waals surface area contributed by atoms with Crippen LogP contribution in [0.5, 0.6) is 0 Å². The molecule has 0 bridgehead atoms. The molecule has 1 aromatic rings. The Balaban J connectivity index is 2.48. The summed E-state index contributed by atoms with van der Waals surface area (Å²) >= 11 is 0. The zero-order chi connectivity index (χ0) is 10.2. The third-order valence-corrected chi connectivity index (χ3v) is 1.44. The number of carbonyl (C=O) groups is 1. The van der Waals surface area contributed by atoms with E-state index < -0.39 is 0 Å². The van der Waals surface area contributed by atoms with Crippen LogP contribution in [0.25, 0.3) is 6.08 Å². The summed E-state index contributed by atoms with van der Waals surface area (Å²) in [6, 6.07) is 3.65. The third-order valence-electron chi connectivity index (χ3n) is 1.44. The number of esters is 1. The molecule has 3 nitrogen and oxygen atoms in total. The Bertz CT molecular complexity index is 330. The average molecular weight is 189 g/mol. The number of aromatic nitrogens is 1. The molecule has 0 N–H and O–H groups in total. The van der Waals surface area contributed by atoms with Crippen molar-refractivity contribution in [2.45, 2.75) is 0 Å². The van der Waals surface area contributed by atoms with E-state index in [1.807, 2.05) is 6.07 Å². The highest BCUT2D eigenvalue weighted by molar-refractivity contribution is 5.86. The SMILES string of the molecule is C=CCOC(=O)C=Cc1cccnc1. The molecule has 0 aliphatic carbocycles. The molecule has 0 aliphatic rings. The molecule has 3 heteroatoms. The lowest BCUT2D eigenvalue weighted by atomic mass is 10.2. The summed E-state index contributed by atoms with van der Waals surface area (Å²) in [5.74, 6) is -0.381. The van der Waals surface area contributed by atoms with Crippen LogP contribution in [0.15, 0.2) is 43.3 Å². The summed E-state index contributed by atoms with van der Waals surface area (Å²) in [5, 5.41) is 0. The van der Waals surface area contributed by atoms with Crippen molar-refractivity contribution in [3.8, 4) is 0 Å². The summed E-state index contributed by atoms with van der Waals surface area (Å²) in [5.41, 5.74) is 0.864. The number of hydrogen-bond donors (Lipinski definition) is 0. The molecule has 1 rings (SSSR count). The molecule has 0 atom stereocenters. The van der Waals surface area contributed by atoms with Gasteiger partial charge in [-0.1, -0.05) is 18.7 Å². The predicted octanol–water partition coefficient (Wildman–Crippen LogP) is 1.82. The van der Waals surface area contributed by atoms with Gasteiger partial charge in [-0.3, -0.25) is 4.98 Å². The molecule has 0 saturated carbocycles. The first-order valence-corrected chi connectivity index (χ1v) is 4.18. The van der Waals surface area contributed by atoms with Gasteiger partial charge in [0.15, 0.2) is 0 Å². The highest BCUT2D eigenvalue weighted by Gasteiger charge is 1.93. The normalized spacial score (nSPS) is 10.0. The smallest absolute Gasteiger partial charge is 0.331 e. The minimum Gasteiger partial charge on any atom is -0.458 e. The van der Waals surface area contributed by atoms with Crippen molar-refractivity contribution >= 4 is 12.0 Å². The molecule has 0 radical (unpaired) electrons. The Labute approximate surface area is 82.7 Å². The van der Waals surface area contributed by atoms with Gasteiger partial charge < -0.3 is 4.74 Å². The van der Waals surface area contributed by atoms with Gasteiger partial charge in [0.05, 0.1) is 0 Å². The molecular weight excluding hydrogens is 178 g/mol. The second-order valence-electron chi connectivity index (χ2n) is 2.54. The average Bonchev–Trinajstić information content (AvgIpc) is 2.25. The van der Waals surface area contributed by atoms with Crippen LogP contribution < -0.4 is 0 Å². The van der Waals surface area contributed by atoms with Crippen LogP contribution in [0, 0.1) is 0 Å². The molecule has 0 aliphatic heterocycles. The van der Waals surface area contributed by atoms with Gasteiger partial charge in [-0.2, -0.15) is 0 Å². The van der Waals surface area contributed by atoms with Crippen molar-refractivity contribution in [3.63, 3.8) is 0 Å². The van der Waals surface area contributed by atoms with Crippen molar-refractivity contribution in [1.29, 1.82) is 0 Å². The Morgan fingerprint density at radius 2 is 2.50 bits per heavy atom. The number of ether oxygens (including phenoxy) is 1. The highest BCUT2D eigenvalue weighted by atomic mass is 16.5. The maximum Gasteiger partial charge on any atom is 0.331 e. The van der Waals surface area contributed by atoms with Crippen molar-refractivity contribution in [2.24, 2.45) is 0 Å². The van der Waals surface area contributed by atoms with E-state index in [9.17, 15) is 4.79 Å². The van der Waals surface area contributed by atoms with E-state index >= 15 is 0 Å². The molecule has 0 amide bonds. The summed E-state index contributed by atoms with van der Waals surface area (Å²) in [4.78, 5) is 14.9. The van der Waals surface area contributed by atoms with E-state index in [1.54, 1.807) is 24.5 Å². The van der Waals surface area contributed by atoms with Gasteiger partial charge in [0.2, 0.25) is 0 Å². The maximum absolute atomic E-state index is 11.0. The van der Waals surface area contributed by atoms with Gasteiger partial charge in [0.1, 0.15) is 6.61 Å². The molecule has 0 fully saturated rings. The van der Waals surface area contributed by atoms with Gasteiger partial charge >= 0.3 is 5.97 Å². The van der Waals surface area contributed by atoms with Gasteiger partial charge in [0, 0.05) is 18.5 Å². The van der Waals surface area contributed by atoms with E-state index in [2.05, 4.69) is 11.6 Å². The molecule has 14 heavy (non-hydrogen) atoms. The molecule has 0 saturated heterocycles. The number of nitrogens with zero attached hydrogens (tertiary/aromatic N) is 1. The van der Waals surface area contributed by atoms with E-state index in [-0.39, 0.29) is 12.6 Å². The van der Waals surface area contributed by atoms with E-state index in [0.29, 0.717) is 0 Å². The zero-order valence-corrected chi connectivity index (χ0v) is 7.72. The predicted molar refractivity (Wildman–Crippen MR) is 54.4 cm³/mol. The van der Waals surface area contributed by atoms with Crippen molar-refractivity contribution in [1.82, 2.24) is 4.98 Å². The van der Waals surface area contributed by atoms with Crippen molar-refractivity contribution in [2.75, 3.05) is 6.61 Å². The van der Waals surface area contributed by atoms with Crippen LogP contribution in [0.4, 0.5) is 0 Å². The topological polar surface area (TPSA) is 39.2 Å². The van der Waals surface area contributed by atoms with Gasteiger partial charge in [0.25, 0.3) is 0 Å². The monoisotopic (exact) mass is 189 g/mol. The van der Waals surface area contributed by atoms with Gasteiger partial charge in [-0.15, -0.1) is 0 Å². The minimum absolute atomic E-state index is 0.232. The van der Waals surface area contributed by atoms with Crippen LogP contribution in [-0.4, -0.2) is 17.6 Å². The van der Waals surface area contributed by atoms with E-state index in [0.717, 1.165) is 5.56 Å². The van der Waals surface area contributed by atoms with Crippen LogP contribution in [-0.2, 0) is 9.53 Å². The first-order chi connectivity index (χ1) is 6.83. The number of rotatable bonds is 4. The number of pyridine rings is 1. The Morgan fingerprint density at radius 1 is 1.64 bits per heavy atom. The maximum atomic E-state index is 11.0. The fraction of sp³-hybridized carbons (Fsp3) is 0.0909. The summed E-state index contributed by atoms with van der Waals surface area (Å²) < 4.78 is 4.75. The lowest BCUT2D eigenvalue weighted by molar-refractivity contribution is -0.136. The molecular formula is C11H11NO2. The van der Waals surface area contributed by atoms with Crippen LogP contribution in [0.1, 0.15) is 5.56 Å². The van der Waals surface area contributed by atoms with Crippen LogP contribution in [0.3, 0.4) is 0 Å². The van der Waals surface area contributed by atoms with Crippen molar-refractivity contribution in [3.05, 3.63) is 48.8 Å². The van der Waals surface area contributed by atoms with Gasteiger partial charge in [-0.25, -0.2) is 4.79 Å². The molecule has 72 valence electrons. The third kappa shape index (κ3) is 3.67. The summed E-state index contributed by atoms with van der Waals surface area (Å²) in [6.07, 6.45) is 7.87. The highest BCUT2D eigenvalue weighted by Crippen LogP contribution is 1.98. The van der Waals surface area contributed by atoms with E-state index in [1.165, 1.54) is 12.2 Å². The van der Waals surface area contributed by atoms with E-state index in [4.69, 9.17) is 4.74 Å². The minimum atomic E-state index is -0.381. The summed E-state index contributed by atoms with van der Waals surface area (Å²) in [7, 11) is 0. The number of carbonyl (C=O) groups excluding carboxylic acids is 1. The zero-order valence-electron chi connectivity index (χ0n) is 7.72. The molecule has 0 unspecified atom stereocenters. The standard InChI is InChI=1S/C11H11NO2/c1-2-8-14-11(13)6-5-10-4-3-7-12-9-10/h2-7,9H,1,8H2. The quantitative estimate of drug-likeness (QED) is 0.412.